The molecule has 1 heterocycles. The number of nitrogens with zero attached hydrogens (tertiary/aromatic N) is 1. The summed E-state index contributed by atoms with van der Waals surface area (Å²) in [5.74, 6) is -2.86. The van der Waals surface area contributed by atoms with Gasteiger partial charge in [-0.3, -0.25) is 0 Å². The molecule has 1 aliphatic heterocycles. The molecule has 8 heteroatoms. The fourth-order valence-corrected chi connectivity index (χ4v) is 3.02. The lowest BCUT2D eigenvalue weighted by Crippen LogP contribution is -2.43. The SMILES string of the molecule is Clc1c(OCCCN2CCNCC2)ccc2ccccc12.O=C(O)C(=O)O. The molecule has 1 fully saturated rings. The summed E-state index contributed by atoms with van der Waals surface area (Å²) in [6.07, 6.45) is 1.03. The molecule has 7 nitrogen and oxygen atoms in total. The summed E-state index contributed by atoms with van der Waals surface area (Å²) in [5, 5.41) is 21.1. The molecule has 2 aromatic carbocycles. The molecule has 0 aromatic heterocycles. The van der Waals surface area contributed by atoms with Crippen molar-refractivity contribution in [2.24, 2.45) is 0 Å². The summed E-state index contributed by atoms with van der Waals surface area (Å²) < 4.78 is 5.86. The predicted molar refractivity (Wildman–Crippen MR) is 104 cm³/mol. The first-order valence-corrected chi connectivity index (χ1v) is 9.06. The predicted octanol–water partition coefficient (Wildman–Crippen LogP) is 2.32. The van der Waals surface area contributed by atoms with Gasteiger partial charge < -0.3 is 25.2 Å². The number of halogens is 1. The van der Waals surface area contributed by atoms with Crippen molar-refractivity contribution in [2.45, 2.75) is 6.42 Å². The Morgan fingerprint density at radius 1 is 1.07 bits per heavy atom. The van der Waals surface area contributed by atoms with E-state index in [4.69, 9.17) is 36.1 Å². The number of carboxylic acids is 2. The van der Waals surface area contributed by atoms with Gasteiger partial charge in [0.15, 0.2) is 0 Å². The van der Waals surface area contributed by atoms with Gasteiger partial charge in [0, 0.05) is 38.1 Å². The highest BCUT2D eigenvalue weighted by atomic mass is 35.5. The van der Waals surface area contributed by atoms with Crippen LogP contribution in [0.1, 0.15) is 6.42 Å². The van der Waals surface area contributed by atoms with Gasteiger partial charge in [-0.05, 0) is 17.9 Å². The van der Waals surface area contributed by atoms with E-state index in [0.717, 1.165) is 60.7 Å². The van der Waals surface area contributed by atoms with Crippen molar-refractivity contribution in [2.75, 3.05) is 39.3 Å². The Balaban J connectivity index is 0.000000380. The minimum Gasteiger partial charge on any atom is -0.492 e. The molecule has 0 atom stereocenters. The van der Waals surface area contributed by atoms with Gasteiger partial charge in [0.1, 0.15) is 5.75 Å². The Labute approximate surface area is 162 Å². The normalized spacial score (nSPS) is 14.3. The number of ether oxygens (including phenoxy) is 1. The Kier molecular flexibility index (Phi) is 8.32. The Morgan fingerprint density at radius 3 is 2.41 bits per heavy atom. The lowest BCUT2D eigenvalue weighted by atomic mass is 10.1. The van der Waals surface area contributed by atoms with E-state index in [0.29, 0.717) is 6.61 Å². The molecular formula is C19H23ClN2O5. The molecule has 146 valence electrons. The van der Waals surface area contributed by atoms with Gasteiger partial charge in [-0.15, -0.1) is 0 Å². The van der Waals surface area contributed by atoms with Crippen LogP contribution in [0.3, 0.4) is 0 Å². The first-order chi connectivity index (χ1) is 13.0. The molecule has 3 N–H and O–H groups in total. The maximum Gasteiger partial charge on any atom is 0.414 e. The number of aliphatic carboxylic acids is 2. The van der Waals surface area contributed by atoms with E-state index in [1.807, 2.05) is 24.3 Å². The van der Waals surface area contributed by atoms with Crippen molar-refractivity contribution >= 4 is 34.3 Å². The number of nitrogens with one attached hydrogen (secondary N) is 1. The molecule has 0 saturated carbocycles. The van der Waals surface area contributed by atoms with Crippen LogP contribution in [-0.4, -0.2) is 66.4 Å². The van der Waals surface area contributed by atoms with Crippen LogP contribution in [0.15, 0.2) is 36.4 Å². The third kappa shape index (κ3) is 6.71. The maximum atomic E-state index is 9.10. The van der Waals surface area contributed by atoms with Crippen molar-refractivity contribution < 1.29 is 24.5 Å². The van der Waals surface area contributed by atoms with Crippen LogP contribution in [-0.2, 0) is 9.59 Å². The van der Waals surface area contributed by atoms with E-state index < -0.39 is 11.9 Å². The molecule has 0 spiro atoms. The molecule has 0 bridgehead atoms. The van der Waals surface area contributed by atoms with Crippen LogP contribution in [0.5, 0.6) is 5.75 Å². The highest BCUT2D eigenvalue weighted by molar-refractivity contribution is 6.37. The molecular weight excluding hydrogens is 372 g/mol. The fourth-order valence-electron chi connectivity index (χ4n) is 2.73. The van der Waals surface area contributed by atoms with E-state index in [2.05, 4.69) is 22.3 Å². The van der Waals surface area contributed by atoms with Crippen LogP contribution < -0.4 is 10.1 Å². The monoisotopic (exact) mass is 394 g/mol. The molecule has 2 aromatic rings. The molecule has 0 amide bonds. The smallest absolute Gasteiger partial charge is 0.414 e. The first kappa shape index (κ1) is 21.0. The van der Waals surface area contributed by atoms with Crippen LogP contribution in [0.2, 0.25) is 5.02 Å². The Morgan fingerprint density at radius 2 is 1.74 bits per heavy atom. The second-order valence-electron chi connectivity index (χ2n) is 6.00. The van der Waals surface area contributed by atoms with Gasteiger partial charge in [-0.1, -0.05) is 41.9 Å². The summed E-state index contributed by atoms with van der Waals surface area (Å²) in [6.45, 7) is 6.26. The molecule has 0 radical (unpaired) electrons. The largest absolute Gasteiger partial charge is 0.492 e. The van der Waals surface area contributed by atoms with Crippen LogP contribution >= 0.6 is 11.6 Å². The Bertz CT molecular complexity index is 766. The quantitative estimate of drug-likeness (QED) is 0.528. The summed E-state index contributed by atoms with van der Waals surface area (Å²) in [7, 11) is 0. The maximum absolute atomic E-state index is 9.10. The molecule has 3 rings (SSSR count). The zero-order valence-electron chi connectivity index (χ0n) is 14.9. The topological polar surface area (TPSA) is 99.1 Å². The van der Waals surface area contributed by atoms with Gasteiger partial charge in [0.25, 0.3) is 0 Å². The van der Waals surface area contributed by atoms with Gasteiger partial charge >= 0.3 is 11.9 Å². The van der Waals surface area contributed by atoms with Gasteiger partial charge in [0.05, 0.1) is 11.6 Å². The van der Waals surface area contributed by atoms with E-state index >= 15 is 0 Å². The van der Waals surface area contributed by atoms with Crippen LogP contribution in [0.4, 0.5) is 0 Å². The number of benzene rings is 2. The van der Waals surface area contributed by atoms with E-state index in [1.165, 1.54) is 0 Å². The third-order valence-corrected chi connectivity index (χ3v) is 4.49. The summed E-state index contributed by atoms with van der Waals surface area (Å²) in [5.41, 5.74) is 0. The second kappa shape index (κ2) is 10.7. The van der Waals surface area contributed by atoms with Crippen molar-refractivity contribution in [3.05, 3.63) is 41.4 Å². The average molecular weight is 395 g/mol. The molecule has 1 aliphatic rings. The standard InChI is InChI=1S/C17H21ClN2O.C2H2O4/c18-17-15-5-2-1-4-14(15)6-7-16(17)21-13-3-10-20-11-8-19-9-12-20;3-1(4)2(5)6/h1-2,4-7,19H,3,8-13H2;(H,3,4)(H,5,6). The third-order valence-electron chi connectivity index (χ3n) is 4.10. The van der Waals surface area contributed by atoms with Crippen molar-refractivity contribution in [1.82, 2.24) is 10.2 Å². The lowest BCUT2D eigenvalue weighted by molar-refractivity contribution is -0.159. The molecule has 0 aliphatic carbocycles. The van der Waals surface area contributed by atoms with Gasteiger partial charge in [-0.25, -0.2) is 9.59 Å². The number of hydrogen-bond acceptors (Lipinski definition) is 5. The van der Waals surface area contributed by atoms with Crippen LogP contribution in [0, 0.1) is 0 Å². The summed E-state index contributed by atoms with van der Waals surface area (Å²) in [6, 6.07) is 12.2. The van der Waals surface area contributed by atoms with Gasteiger partial charge in [-0.2, -0.15) is 0 Å². The minimum atomic E-state index is -1.82. The number of piperazine rings is 1. The molecule has 27 heavy (non-hydrogen) atoms. The van der Waals surface area contributed by atoms with Crippen molar-refractivity contribution in [1.29, 1.82) is 0 Å². The van der Waals surface area contributed by atoms with E-state index in [-0.39, 0.29) is 0 Å². The highest BCUT2D eigenvalue weighted by Crippen LogP contribution is 2.32. The van der Waals surface area contributed by atoms with Crippen LogP contribution in [0.25, 0.3) is 10.8 Å². The number of hydrogen-bond donors (Lipinski definition) is 3. The molecule has 1 saturated heterocycles. The number of fused-ring (bicyclic) bond motifs is 1. The zero-order chi connectivity index (χ0) is 19.6. The second-order valence-corrected chi connectivity index (χ2v) is 6.38. The fraction of sp³-hybridized carbons (Fsp3) is 0.368. The molecule has 0 unspecified atom stereocenters. The number of carboxylic acid groups (broad SMARTS) is 2. The van der Waals surface area contributed by atoms with E-state index in [9.17, 15) is 0 Å². The summed E-state index contributed by atoms with van der Waals surface area (Å²) >= 11 is 6.43. The summed E-state index contributed by atoms with van der Waals surface area (Å²) in [4.78, 5) is 20.7. The number of rotatable bonds is 5. The lowest BCUT2D eigenvalue weighted by Gasteiger charge is -2.27. The van der Waals surface area contributed by atoms with Gasteiger partial charge in [0.2, 0.25) is 0 Å². The minimum absolute atomic E-state index is 0.710. The highest BCUT2D eigenvalue weighted by Gasteiger charge is 2.10. The average Bonchev–Trinajstić information content (AvgIpc) is 2.68. The Hall–Kier alpha value is -2.35. The van der Waals surface area contributed by atoms with Crippen molar-refractivity contribution in [3.8, 4) is 5.75 Å². The number of carbonyl (C=O) groups is 2. The van der Waals surface area contributed by atoms with E-state index in [1.54, 1.807) is 0 Å². The zero-order valence-corrected chi connectivity index (χ0v) is 15.6. The first-order valence-electron chi connectivity index (χ1n) is 8.68. The van der Waals surface area contributed by atoms with Crippen molar-refractivity contribution in [3.63, 3.8) is 0 Å².